The van der Waals surface area contributed by atoms with E-state index in [1.807, 2.05) is 24.3 Å². The van der Waals surface area contributed by atoms with Gasteiger partial charge in [-0.3, -0.25) is 0 Å². The lowest BCUT2D eigenvalue weighted by Crippen LogP contribution is -2.00. The molecule has 19 heavy (non-hydrogen) atoms. The van der Waals surface area contributed by atoms with Crippen molar-refractivity contribution < 1.29 is 10.2 Å². The molecule has 0 heterocycles. The second-order valence-corrected chi connectivity index (χ2v) is 5.84. The highest BCUT2D eigenvalue weighted by Gasteiger charge is 2.11. The van der Waals surface area contributed by atoms with Crippen LogP contribution in [-0.4, -0.2) is 16.0 Å². The lowest BCUT2D eigenvalue weighted by molar-refractivity contribution is 0.204. The zero-order chi connectivity index (χ0) is 13.8. The molecule has 0 aliphatic rings. The van der Waals surface area contributed by atoms with E-state index in [0.29, 0.717) is 16.3 Å². The van der Waals surface area contributed by atoms with Gasteiger partial charge in [-0.2, -0.15) is 0 Å². The van der Waals surface area contributed by atoms with Crippen LogP contribution in [0.2, 0.25) is 10.0 Å². The van der Waals surface area contributed by atoms with Crippen molar-refractivity contribution in [2.24, 2.45) is 0 Å². The molecular weight excluding hydrogens is 303 g/mol. The van der Waals surface area contributed by atoms with Crippen molar-refractivity contribution in [3.05, 3.63) is 58.1 Å². The second kappa shape index (κ2) is 6.53. The predicted octanol–water partition coefficient (Wildman–Crippen LogP) is 4.52. The third kappa shape index (κ3) is 3.80. The highest BCUT2D eigenvalue weighted by Crippen LogP contribution is 2.32. The van der Waals surface area contributed by atoms with Crippen molar-refractivity contribution in [1.82, 2.24) is 0 Å². The van der Waals surface area contributed by atoms with Crippen molar-refractivity contribution in [1.29, 1.82) is 0 Å². The maximum absolute atomic E-state index is 10.1. The molecule has 1 unspecified atom stereocenters. The molecule has 100 valence electrons. The van der Waals surface area contributed by atoms with Crippen LogP contribution in [0.25, 0.3) is 0 Å². The number of aromatic hydroxyl groups is 1. The van der Waals surface area contributed by atoms with E-state index < -0.39 is 6.10 Å². The summed E-state index contributed by atoms with van der Waals surface area (Å²) in [4.78, 5) is 0.924. The molecule has 0 radical (unpaired) electrons. The number of hydrogen-bond donors (Lipinski definition) is 2. The number of phenolic OH excluding ortho intramolecular Hbond substituents is 1. The van der Waals surface area contributed by atoms with Crippen molar-refractivity contribution in [2.75, 3.05) is 5.75 Å². The minimum Gasteiger partial charge on any atom is -0.506 e. The first kappa shape index (κ1) is 14.5. The van der Waals surface area contributed by atoms with Crippen molar-refractivity contribution >= 4 is 35.0 Å². The van der Waals surface area contributed by atoms with Gasteiger partial charge in [0.1, 0.15) is 5.75 Å². The molecule has 2 nitrogen and oxygen atoms in total. The van der Waals surface area contributed by atoms with E-state index in [-0.39, 0.29) is 10.8 Å². The van der Waals surface area contributed by atoms with Crippen molar-refractivity contribution in [3.8, 4) is 5.75 Å². The average molecular weight is 315 g/mol. The maximum Gasteiger partial charge on any atom is 0.134 e. The summed E-state index contributed by atoms with van der Waals surface area (Å²) < 4.78 is 0. The summed E-state index contributed by atoms with van der Waals surface area (Å²) in [7, 11) is 0. The van der Waals surface area contributed by atoms with Crippen LogP contribution in [0.4, 0.5) is 0 Å². The van der Waals surface area contributed by atoms with Crippen LogP contribution in [0.5, 0.6) is 5.75 Å². The third-order valence-electron chi connectivity index (χ3n) is 2.59. The van der Waals surface area contributed by atoms with Gasteiger partial charge in [-0.25, -0.2) is 0 Å². The highest BCUT2D eigenvalue weighted by molar-refractivity contribution is 7.99. The fourth-order valence-electron chi connectivity index (χ4n) is 1.56. The van der Waals surface area contributed by atoms with Gasteiger partial charge in [0.05, 0.1) is 16.1 Å². The Morgan fingerprint density at radius 1 is 1.05 bits per heavy atom. The predicted molar refractivity (Wildman–Crippen MR) is 80.3 cm³/mol. The van der Waals surface area contributed by atoms with Gasteiger partial charge in [0.15, 0.2) is 0 Å². The first-order chi connectivity index (χ1) is 9.08. The van der Waals surface area contributed by atoms with Gasteiger partial charge in [0.2, 0.25) is 0 Å². The van der Waals surface area contributed by atoms with Gasteiger partial charge in [-0.05, 0) is 29.8 Å². The number of aliphatic hydroxyl groups is 1. The second-order valence-electron chi connectivity index (χ2n) is 3.97. The molecule has 2 aromatic rings. The van der Waals surface area contributed by atoms with E-state index in [9.17, 15) is 10.2 Å². The third-order valence-corrected chi connectivity index (χ3v) is 4.48. The van der Waals surface area contributed by atoms with Gasteiger partial charge in [-0.1, -0.05) is 41.4 Å². The largest absolute Gasteiger partial charge is 0.506 e. The molecular formula is C14H12Cl2O2S. The number of benzene rings is 2. The molecule has 0 aliphatic carbocycles. The summed E-state index contributed by atoms with van der Waals surface area (Å²) in [5, 5.41) is 20.3. The molecule has 2 aromatic carbocycles. The van der Waals surface area contributed by atoms with Crippen LogP contribution in [0.3, 0.4) is 0 Å². The Bertz CT molecular complexity index is 575. The quantitative estimate of drug-likeness (QED) is 0.815. The summed E-state index contributed by atoms with van der Waals surface area (Å²) in [5.74, 6) is 0.474. The Kier molecular flexibility index (Phi) is 4.99. The fourth-order valence-corrected chi connectivity index (χ4v) is 2.96. The molecule has 0 saturated carbocycles. The molecule has 0 fully saturated rings. The van der Waals surface area contributed by atoms with Gasteiger partial charge in [0.25, 0.3) is 0 Å². The van der Waals surface area contributed by atoms with E-state index in [1.54, 1.807) is 12.1 Å². The SMILES string of the molecule is Oc1ccc(C(O)CSc2ccccc2Cl)cc1Cl. The standard InChI is InChI=1S/C14H12Cl2O2S/c15-10-3-1-2-4-14(10)19-8-13(18)9-5-6-12(17)11(16)7-9/h1-7,13,17-18H,8H2. The molecule has 0 bridgehead atoms. The molecule has 0 amide bonds. The average Bonchev–Trinajstić information content (AvgIpc) is 2.40. The summed E-state index contributed by atoms with van der Waals surface area (Å²) >= 11 is 13.3. The van der Waals surface area contributed by atoms with Crippen molar-refractivity contribution in [3.63, 3.8) is 0 Å². The summed E-state index contributed by atoms with van der Waals surface area (Å²) in [6.45, 7) is 0. The highest BCUT2D eigenvalue weighted by atomic mass is 35.5. The Hall–Kier alpha value is -0.870. The number of halogens is 2. The lowest BCUT2D eigenvalue weighted by atomic mass is 10.1. The first-order valence-electron chi connectivity index (χ1n) is 5.61. The Labute approximate surface area is 126 Å². The molecule has 0 aromatic heterocycles. The van der Waals surface area contributed by atoms with Crippen LogP contribution in [0, 0.1) is 0 Å². The number of thioether (sulfide) groups is 1. The minimum absolute atomic E-state index is 0.0105. The summed E-state index contributed by atoms with van der Waals surface area (Å²) in [6.07, 6.45) is -0.667. The monoisotopic (exact) mass is 314 g/mol. The van der Waals surface area contributed by atoms with E-state index in [1.165, 1.54) is 17.8 Å². The van der Waals surface area contributed by atoms with E-state index >= 15 is 0 Å². The number of phenols is 1. The van der Waals surface area contributed by atoms with Gasteiger partial charge < -0.3 is 10.2 Å². The van der Waals surface area contributed by atoms with Crippen molar-refractivity contribution in [2.45, 2.75) is 11.0 Å². The molecule has 2 rings (SSSR count). The van der Waals surface area contributed by atoms with Crippen LogP contribution in [-0.2, 0) is 0 Å². The Morgan fingerprint density at radius 2 is 1.79 bits per heavy atom. The van der Waals surface area contributed by atoms with Gasteiger partial charge in [0, 0.05) is 10.6 Å². The van der Waals surface area contributed by atoms with Crippen LogP contribution >= 0.6 is 35.0 Å². The number of rotatable bonds is 4. The number of hydrogen-bond acceptors (Lipinski definition) is 3. The topological polar surface area (TPSA) is 40.5 Å². The van der Waals surface area contributed by atoms with E-state index in [0.717, 1.165) is 4.90 Å². The molecule has 5 heteroatoms. The zero-order valence-corrected chi connectivity index (χ0v) is 12.2. The van der Waals surface area contributed by atoms with E-state index in [2.05, 4.69) is 0 Å². The fraction of sp³-hybridized carbons (Fsp3) is 0.143. The minimum atomic E-state index is -0.667. The summed E-state index contributed by atoms with van der Waals surface area (Å²) in [5.41, 5.74) is 0.669. The summed E-state index contributed by atoms with van der Waals surface area (Å²) in [6, 6.07) is 12.2. The molecule has 0 saturated heterocycles. The molecule has 2 N–H and O–H groups in total. The number of aliphatic hydroxyl groups excluding tert-OH is 1. The molecule has 0 spiro atoms. The maximum atomic E-state index is 10.1. The van der Waals surface area contributed by atoms with Crippen LogP contribution in [0.1, 0.15) is 11.7 Å². The normalized spacial score (nSPS) is 12.4. The molecule has 1 atom stereocenters. The van der Waals surface area contributed by atoms with Gasteiger partial charge >= 0.3 is 0 Å². The Balaban J connectivity index is 2.03. The van der Waals surface area contributed by atoms with Gasteiger partial charge in [-0.15, -0.1) is 11.8 Å². The smallest absolute Gasteiger partial charge is 0.134 e. The van der Waals surface area contributed by atoms with E-state index in [4.69, 9.17) is 23.2 Å². The first-order valence-corrected chi connectivity index (χ1v) is 7.36. The Morgan fingerprint density at radius 3 is 2.47 bits per heavy atom. The zero-order valence-electron chi connectivity index (χ0n) is 9.88. The van der Waals surface area contributed by atoms with Crippen LogP contribution in [0.15, 0.2) is 47.4 Å². The van der Waals surface area contributed by atoms with Crippen LogP contribution < -0.4 is 0 Å². The molecule has 0 aliphatic heterocycles. The lowest BCUT2D eigenvalue weighted by Gasteiger charge is -2.12.